The molecule has 168 valence electrons. The molecule has 0 spiro atoms. The topological polar surface area (TPSA) is 45.7 Å². The molecule has 0 saturated carbocycles. The van der Waals surface area contributed by atoms with Gasteiger partial charge in [-0.15, -0.1) is 23.1 Å². The summed E-state index contributed by atoms with van der Waals surface area (Å²) in [4.78, 5) is 22.8. The van der Waals surface area contributed by atoms with Crippen LogP contribution in [0.1, 0.15) is 21.1 Å². The number of piperazine rings is 1. The quantitative estimate of drug-likeness (QED) is 0.407. The monoisotopic (exact) mass is 487 g/mol. The number of hydrogen-bond acceptors (Lipinski definition) is 6. The number of halogens is 1. The van der Waals surface area contributed by atoms with E-state index in [2.05, 4.69) is 15.3 Å². The third kappa shape index (κ3) is 6.25. The fourth-order valence-electron chi connectivity index (χ4n) is 3.53. The zero-order chi connectivity index (χ0) is 22.3. The van der Waals surface area contributed by atoms with Gasteiger partial charge in [-0.3, -0.25) is 9.69 Å². The van der Waals surface area contributed by atoms with E-state index in [0.717, 1.165) is 59.6 Å². The average molecular weight is 488 g/mol. The van der Waals surface area contributed by atoms with Gasteiger partial charge in [0, 0.05) is 54.3 Å². The fraction of sp³-hybridized carbons (Fsp3) is 0.333. The van der Waals surface area contributed by atoms with Crippen molar-refractivity contribution in [2.24, 2.45) is 0 Å². The number of carbonyl (C=O) groups excluding carboxylic acids is 1. The average Bonchev–Trinajstić information content (AvgIpc) is 3.24. The second-order valence-electron chi connectivity index (χ2n) is 7.58. The zero-order valence-electron chi connectivity index (χ0n) is 18.0. The van der Waals surface area contributed by atoms with Gasteiger partial charge in [0.05, 0.1) is 15.7 Å². The molecule has 0 unspecified atom stereocenters. The summed E-state index contributed by atoms with van der Waals surface area (Å²) in [5.41, 5.74) is 1.85. The Morgan fingerprint density at radius 3 is 2.56 bits per heavy atom. The molecule has 1 aromatic heterocycles. The van der Waals surface area contributed by atoms with E-state index in [1.165, 1.54) is 0 Å². The molecule has 1 amide bonds. The number of amides is 1. The number of aryl methyl sites for hydroxylation is 1. The van der Waals surface area contributed by atoms with Crippen molar-refractivity contribution in [3.8, 4) is 5.75 Å². The first kappa shape index (κ1) is 23.1. The molecule has 4 rings (SSSR count). The van der Waals surface area contributed by atoms with Crippen LogP contribution in [0, 0.1) is 6.92 Å². The van der Waals surface area contributed by atoms with Gasteiger partial charge in [0.15, 0.2) is 0 Å². The van der Waals surface area contributed by atoms with Gasteiger partial charge in [0.2, 0.25) is 0 Å². The first-order chi connectivity index (χ1) is 15.6. The van der Waals surface area contributed by atoms with Gasteiger partial charge in [0.1, 0.15) is 12.4 Å². The maximum absolute atomic E-state index is 12.9. The second-order valence-corrected chi connectivity index (χ2v) is 10.1. The van der Waals surface area contributed by atoms with Crippen LogP contribution < -0.4 is 4.74 Å². The Labute approximate surface area is 202 Å². The third-order valence-corrected chi connectivity index (χ3v) is 7.50. The van der Waals surface area contributed by atoms with E-state index in [0.29, 0.717) is 17.4 Å². The van der Waals surface area contributed by atoms with E-state index in [1.807, 2.05) is 60.4 Å². The normalized spacial score (nSPS) is 14.5. The first-order valence-electron chi connectivity index (χ1n) is 10.6. The molecule has 2 aromatic carbocycles. The molecule has 0 aliphatic carbocycles. The number of thioether (sulfide) groups is 1. The van der Waals surface area contributed by atoms with Gasteiger partial charge in [-0.1, -0.05) is 23.7 Å². The summed E-state index contributed by atoms with van der Waals surface area (Å²) in [6.07, 6.45) is 0. The summed E-state index contributed by atoms with van der Waals surface area (Å²) in [5.74, 6) is 1.66. The number of carbonyl (C=O) groups is 1. The highest BCUT2D eigenvalue weighted by molar-refractivity contribution is 7.98. The molecule has 0 bridgehead atoms. The molecule has 3 aromatic rings. The van der Waals surface area contributed by atoms with Crippen molar-refractivity contribution < 1.29 is 9.53 Å². The number of rotatable bonds is 8. The summed E-state index contributed by atoms with van der Waals surface area (Å²) < 4.78 is 5.78. The lowest BCUT2D eigenvalue weighted by Crippen LogP contribution is -2.49. The number of aromatic nitrogens is 1. The van der Waals surface area contributed by atoms with Crippen LogP contribution in [-0.2, 0) is 5.75 Å². The lowest BCUT2D eigenvalue weighted by atomic mass is 10.2. The Kier molecular flexibility index (Phi) is 8.08. The summed E-state index contributed by atoms with van der Waals surface area (Å²) in [7, 11) is 0. The Morgan fingerprint density at radius 1 is 1.12 bits per heavy atom. The number of benzene rings is 2. The van der Waals surface area contributed by atoms with Crippen LogP contribution in [0.25, 0.3) is 0 Å². The van der Waals surface area contributed by atoms with Crippen LogP contribution in [0.5, 0.6) is 5.75 Å². The Hall–Kier alpha value is -2.06. The van der Waals surface area contributed by atoms with E-state index in [-0.39, 0.29) is 5.91 Å². The largest absolute Gasteiger partial charge is 0.491 e. The predicted octanol–water partition coefficient (Wildman–Crippen LogP) is 5.23. The van der Waals surface area contributed by atoms with Crippen LogP contribution >= 0.6 is 34.7 Å². The van der Waals surface area contributed by atoms with Crippen LogP contribution in [0.2, 0.25) is 5.02 Å². The van der Waals surface area contributed by atoms with Crippen molar-refractivity contribution in [2.75, 3.05) is 39.3 Å². The van der Waals surface area contributed by atoms with Gasteiger partial charge in [-0.2, -0.15) is 0 Å². The summed E-state index contributed by atoms with van der Waals surface area (Å²) in [6.45, 7) is 6.56. The molecule has 1 aliphatic heterocycles. The number of thiazole rings is 1. The van der Waals surface area contributed by atoms with Crippen LogP contribution in [0.15, 0.2) is 58.8 Å². The lowest BCUT2D eigenvalue weighted by molar-refractivity contribution is 0.0620. The highest BCUT2D eigenvalue weighted by Gasteiger charge is 2.22. The number of hydrogen-bond donors (Lipinski definition) is 0. The molecular formula is C24H26ClN3O2S2. The standard InChI is InChI=1S/C24H26ClN3O2S2/c1-18-26-20(16-31-18)17-32-21-8-6-19(7-9-21)24(29)28-12-10-27(11-13-28)14-15-30-23-5-3-2-4-22(23)25/h2-9,16H,10-15,17H2,1H3. The molecule has 1 fully saturated rings. The van der Waals surface area contributed by atoms with Crippen LogP contribution in [0.4, 0.5) is 0 Å². The minimum Gasteiger partial charge on any atom is -0.491 e. The molecule has 8 heteroatoms. The summed E-state index contributed by atoms with van der Waals surface area (Å²) in [6, 6.07) is 15.4. The molecule has 1 saturated heterocycles. The maximum atomic E-state index is 12.9. The Balaban J connectivity index is 1.20. The molecule has 5 nitrogen and oxygen atoms in total. The van der Waals surface area contributed by atoms with Crippen molar-refractivity contribution in [1.29, 1.82) is 0 Å². The smallest absolute Gasteiger partial charge is 0.253 e. The summed E-state index contributed by atoms with van der Waals surface area (Å²) in [5, 5.41) is 3.82. The molecule has 0 atom stereocenters. The highest BCUT2D eigenvalue weighted by Crippen LogP contribution is 2.25. The van der Waals surface area contributed by atoms with Crippen molar-refractivity contribution in [1.82, 2.24) is 14.8 Å². The van der Waals surface area contributed by atoms with Gasteiger partial charge < -0.3 is 9.64 Å². The van der Waals surface area contributed by atoms with Crippen LogP contribution in [-0.4, -0.2) is 60.0 Å². The number of ether oxygens (including phenoxy) is 1. The van der Waals surface area contributed by atoms with Crippen molar-refractivity contribution in [3.05, 3.63) is 75.2 Å². The highest BCUT2D eigenvalue weighted by atomic mass is 35.5. The molecule has 32 heavy (non-hydrogen) atoms. The Morgan fingerprint density at radius 2 is 1.88 bits per heavy atom. The summed E-state index contributed by atoms with van der Waals surface area (Å²) >= 11 is 9.55. The van der Waals surface area contributed by atoms with Crippen molar-refractivity contribution >= 4 is 40.6 Å². The van der Waals surface area contributed by atoms with Crippen molar-refractivity contribution in [3.63, 3.8) is 0 Å². The third-order valence-electron chi connectivity index (χ3n) is 5.32. The van der Waals surface area contributed by atoms with E-state index in [9.17, 15) is 4.79 Å². The van der Waals surface area contributed by atoms with Gasteiger partial charge in [-0.25, -0.2) is 4.98 Å². The SMILES string of the molecule is Cc1nc(CSc2ccc(C(=O)N3CCN(CCOc4ccccc4Cl)CC3)cc2)cs1. The number of nitrogens with zero attached hydrogens (tertiary/aromatic N) is 3. The van der Waals surface area contributed by atoms with Gasteiger partial charge in [0.25, 0.3) is 5.91 Å². The van der Waals surface area contributed by atoms with Gasteiger partial charge in [-0.05, 0) is 43.3 Å². The molecular weight excluding hydrogens is 462 g/mol. The van der Waals surface area contributed by atoms with E-state index >= 15 is 0 Å². The Bertz CT molecular complexity index is 1030. The number of para-hydroxylation sites is 1. The van der Waals surface area contributed by atoms with Crippen LogP contribution in [0.3, 0.4) is 0 Å². The molecule has 0 radical (unpaired) electrons. The minimum atomic E-state index is 0.101. The zero-order valence-corrected chi connectivity index (χ0v) is 20.4. The van der Waals surface area contributed by atoms with Gasteiger partial charge >= 0.3 is 0 Å². The second kappa shape index (κ2) is 11.2. The maximum Gasteiger partial charge on any atom is 0.253 e. The first-order valence-corrected chi connectivity index (χ1v) is 12.9. The fourth-order valence-corrected chi connectivity index (χ4v) is 5.23. The lowest BCUT2D eigenvalue weighted by Gasteiger charge is -2.34. The van der Waals surface area contributed by atoms with Crippen molar-refractivity contribution in [2.45, 2.75) is 17.6 Å². The van der Waals surface area contributed by atoms with E-state index in [4.69, 9.17) is 16.3 Å². The predicted molar refractivity (Wildman–Crippen MR) is 132 cm³/mol. The minimum absolute atomic E-state index is 0.101. The van der Waals surface area contributed by atoms with E-state index in [1.54, 1.807) is 23.1 Å². The molecule has 0 N–H and O–H groups in total. The van der Waals surface area contributed by atoms with E-state index < -0.39 is 0 Å². The molecule has 2 heterocycles. The molecule has 1 aliphatic rings.